The second-order valence-corrected chi connectivity index (χ2v) is 10.5. The summed E-state index contributed by atoms with van der Waals surface area (Å²) in [5, 5.41) is 0. The summed E-state index contributed by atoms with van der Waals surface area (Å²) in [7, 11) is 0. The number of anilines is 2. The van der Waals surface area contributed by atoms with Gasteiger partial charge in [-0.2, -0.15) is 96.6 Å². The van der Waals surface area contributed by atoms with Crippen LogP contribution in [-0.4, -0.2) is 47.9 Å². The van der Waals surface area contributed by atoms with Crippen LogP contribution in [0, 0.1) is 0 Å². The molecular formula is C24H10F22N2O2S. The van der Waals surface area contributed by atoms with Crippen molar-refractivity contribution in [1.29, 1.82) is 0 Å². The van der Waals surface area contributed by atoms with Crippen LogP contribution in [0.3, 0.4) is 0 Å². The Balaban J connectivity index is 2.31. The fourth-order valence-electron chi connectivity index (χ4n) is 3.06. The van der Waals surface area contributed by atoms with Crippen molar-refractivity contribution in [2.45, 2.75) is 57.7 Å². The molecule has 0 bridgehead atoms. The normalized spacial score (nSPS) is 15.3. The Hall–Kier alpha value is -4.07. The van der Waals surface area contributed by atoms with Gasteiger partial charge in [0.15, 0.2) is 11.5 Å². The molecule has 51 heavy (non-hydrogen) atoms. The Morgan fingerprint density at radius 1 is 0.451 bits per heavy atom. The second-order valence-electron chi connectivity index (χ2n) is 9.32. The van der Waals surface area contributed by atoms with Crippen molar-refractivity contribution in [3.05, 3.63) is 60.1 Å². The number of benzene rings is 2. The molecule has 2 aromatic carbocycles. The number of nitrogen functional groups attached to an aromatic ring is 2. The molecule has 0 amide bonds. The second kappa shape index (κ2) is 13.5. The van der Waals surface area contributed by atoms with E-state index in [1.54, 1.807) is 0 Å². The number of nitrogens with two attached hydrogens (primary N) is 2. The third-order valence-corrected chi connectivity index (χ3v) is 6.76. The fraction of sp³-hybridized carbons (Fsp3) is 0.333. The van der Waals surface area contributed by atoms with Crippen LogP contribution in [0.15, 0.2) is 69.9 Å². The number of halogens is 22. The van der Waals surface area contributed by atoms with E-state index < -0.39 is 94.4 Å². The summed E-state index contributed by atoms with van der Waals surface area (Å²) in [6.07, 6.45) is -14.7. The number of rotatable bonds is 12. The molecule has 0 aliphatic rings. The summed E-state index contributed by atoms with van der Waals surface area (Å²) in [4.78, 5) is -0.354. The van der Waals surface area contributed by atoms with Crippen LogP contribution in [0.4, 0.5) is 108 Å². The van der Waals surface area contributed by atoms with Gasteiger partial charge in [-0.05, 0) is 36.4 Å². The number of alkyl halides is 18. The summed E-state index contributed by atoms with van der Waals surface area (Å²) in [6, 6.07) is -3.13. The van der Waals surface area contributed by atoms with Crippen molar-refractivity contribution in [3.63, 3.8) is 0 Å². The highest BCUT2D eigenvalue weighted by atomic mass is 32.2. The topological polar surface area (TPSA) is 70.5 Å². The van der Waals surface area contributed by atoms with Crippen LogP contribution < -0.4 is 20.9 Å². The van der Waals surface area contributed by atoms with E-state index in [1.807, 2.05) is 0 Å². The SMILES string of the molecule is Nc1cc(Sc2ccc(OC(F)=C(F)C(F)(F)C(F)(F)C(F)(F)C(F)(F)F)c(N)c2)ccc1OC(F)=C(F)C(F)(F)C(F)(F)C(F)(F)C(F)(F)F. The first-order chi connectivity index (χ1) is 22.6. The number of hydrogen-bond donors (Lipinski definition) is 2. The van der Waals surface area contributed by atoms with Crippen LogP contribution in [0.5, 0.6) is 11.5 Å². The number of ether oxygens (including phenoxy) is 2. The van der Waals surface area contributed by atoms with Crippen molar-refractivity contribution in [1.82, 2.24) is 0 Å². The zero-order valence-electron chi connectivity index (χ0n) is 23.2. The maximum absolute atomic E-state index is 13.9. The highest BCUT2D eigenvalue weighted by Crippen LogP contribution is 2.57. The molecule has 27 heteroatoms. The van der Waals surface area contributed by atoms with Gasteiger partial charge >= 0.3 is 59.9 Å². The van der Waals surface area contributed by atoms with Gasteiger partial charge in [-0.25, -0.2) is 0 Å². The van der Waals surface area contributed by atoms with Crippen LogP contribution in [0.2, 0.25) is 0 Å². The Labute approximate surface area is 270 Å². The number of allylic oxidation sites excluding steroid dienone is 2. The minimum Gasteiger partial charge on any atom is -0.427 e. The van der Waals surface area contributed by atoms with Crippen LogP contribution in [0.1, 0.15) is 0 Å². The van der Waals surface area contributed by atoms with Gasteiger partial charge in [0.05, 0.1) is 11.4 Å². The molecule has 4 N–H and O–H groups in total. The molecule has 0 aliphatic carbocycles. The predicted octanol–water partition coefficient (Wildman–Crippen LogP) is 10.9. The zero-order valence-corrected chi connectivity index (χ0v) is 24.0. The third-order valence-electron chi connectivity index (χ3n) is 5.78. The molecule has 0 unspecified atom stereocenters. The van der Waals surface area contributed by atoms with Gasteiger partial charge < -0.3 is 20.9 Å². The predicted molar refractivity (Wildman–Crippen MR) is 127 cm³/mol. The smallest absolute Gasteiger partial charge is 0.427 e. The van der Waals surface area contributed by atoms with Crippen molar-refractivity contribution in [3.8, 4) is 11.5 Å². The summed E-state index contributed by atoms with van der Waals surface area (Å²) >= 11 is 0.460. The van der Waals surface area contributed by atoms with Gasteiger partial charge in [0.25, 0.3) is 0 Å². The highest BCUT2D eigenvalue weighted by Gasteiger charge is 2.84. The van der Waals surface area contributed by atoms with Gasteiger partial charge in [-0.1, -0.05) is 11.8 Å². The molecule has 4 nitrogen and oxygen atoms in total. The van der Waals surface area contributed by atoms with Gasteiger partial charge in [-0.3, -0.25) is 0 Å². The van der Waals surface area contributed by atoms with Gasteiger partial charge in [0.1, 0.15) is 0 Å². The van der Waals surface area contributed by atoms with Crippen LogP contribution >= 0.6 is 11.8 Å². The molecule has 2 rings (SSSR count). The first-order valence-electron chi connectivity index (χ1n) is 11.9. The van der Waals surface area contributed by atoms with E-state index in [2.05, 4.69) is 9.47 Å². The Bertz CT molecular complexity index is 1560. The molecule has 0 atom stereocenters. The monoisotopic (exact) mass is 808 g/mol. The molecular weight excluding hydrogens is 798 g/mol. The summed E-state index contributed by atoms with van der Waals surface area (Å²) in [5.74, 6) is -55.6. The standard InChI is InChI=1S/C24H10F22N2O2S/c25-13(17(29,30)19(33,34)21(37,38)23(41,42)43)15(27)49-11-3-1-7(5-9(11)47)51-8-2-4-12(10(48)6-8)50-16(28)14(26)18(31,32)20(35,36)22(39,40)24(44,45)46/h1-6H,47-48H2. The fourth-order valence-corrected chi connectivity index (χ4v) is 3.97. The third kappa shape index (κ3) is 7.61. The van der Waals surface area contributed by atoms with Crippen molar-refractivity contribution in [2.75, 3.05) is 11.5 Å². The van der Waals surface area contributed by atoms with E-state index in [1.165, 1.54) is 0 Å². The molecule has 288 valence electrons. The van der Waals surface area contributed by atoms with E-state index in [0.29, 0.717) is 36.0 Å². The summed E-state index contributed by atoms with van der Waals surface area (Å²) in [6.45, 7) is 0. The minimum atomic E-state index is -7.60. The lowest BCUT2D eigenvalue weighted by molar-refractivity contribution is -0.392. The highest BCUT2D eigenvalue weighted by molar-refractivity contribution is 7.99. The van der Waals surface area contributed by atoms with Gasteiger partial charge in [0, 0.05) is 9.79 Å². The van der Waals surface area contributed by atoms with E-state index in [9.17, 15) is 96.6 Å². The zero-order chi connectivity index (χ0) is 40.1. The summed E-state index contributed by atoms with van der Waals surface area (Å²) in [5.41, 5.74) is 8.96. The molecule has 0 spiro atoms. The van der Waals surface area contributed by atoms with Crippen LogP contribution in [-0.2, 0) is 0 Å². The van der Waals surface area contributed by atoms with Gasteiger partial charge in [0.2, 0.25) is 11.7 Å². The molecule has 2 aromatic rings. The maximum atomic E-state index is 13.9. The molecule has 0 aromatic heterocycles. The first-order valence-corrected chi connectivity index (χ1v) is 12.8. The molecule has 0 saturated heterocycles. The van der Waals surface area contributed by atoms with E-state index in [-0.39, 0.29) is 9.79 Å². The molecule has 0 radical (unpaired) electrons. The average molecular weight is 808 g/mol. The van der Waals surface area contributed by atoms with Crippen molar-refractivity contribution < 1.29 is 106 Å². The Morgan fingerprint density at radius 2 is 0.725 bits per heavy atom. The molecule has 0 saturated carbocycles. The summed E-state index contributed by atoms with van der Waals surface area (Å²) < 4.78 is 296. The van der Waals surface area contributed by atoms with Crippen molar-refractivity contribution in [2.24, 2.45) is 0 Å². The average Bonchev–Trinajstić information content (AvgIpc) is 2.97. The lowest BCUT2D eigenvalue weighted by atomic mass is 10.0. The molecule has 0 fully saturated rings. The molecule has 0 aliphatic heterocycles. The Kier molecular flexibility index (Phi) is 11.4. The minimum absolute atomic E-state index is 0.177. The first kappa shape index (κ1) is 43.1. The van der Waals surface area contributed by atoms with E-state index in [0.717, 1.165) is 12.1 Å². The Morgan fingerprint density at radius 3 is 0.961 bits per heavy atom. The van der Waals surface area contributed by atoms with E-state index >= 15 is 0 Å². The molecule has 0 heterocycles. The van der Waals surface area contributed by atoms with Gasteiger partial charge in [-0.15, -0.1) is 0 Å². The number of hydrogen-bond acceptors (Lipinski definition) is 5. The van der Waals surface area contributed by atoms with E-state index in [4.69, 9.17) is 11.5 Å². The van der Waals surface area contributed by atoms with Crippen molar-refractivity contribution >= 4 is 23.1 Å². The quantitative estimate of drug-likeness (QED) is 0.127. The maximum Gasteiger partial charge on any atom is 0.460 e. The lowest BCUT2D eigenvalue weighted by Gasteiger charge is -2.32. The largest absolute Gasteiger partial charge is 0.460 e. The lowest BCUT2D eigenvalue weighted by Crippen LogP contribution is -2.61. The van der Waals surface area contributed by atoms with Crippen LogP contribution in [0.25, 0.3) is 0 Å².